The Balaban J connectivity index is 2.00. The standard InChI is InChI=1S/C13H12F3N3/c14-13(15,16)12-4-2-1-3-10(12)7-18-8-11-5-6-17-9-19-11/h1-6,9,18H,7-8H2. The van der Waals surface area contributed by atoms with E-state index in [4.69, 9.17) is 0 Å². The summed E-state index contributed by atoms with van der Waals surface area (Å²) in [5.41, 5.74) is 0.355. The molecule has 0 aliphatic heterocycles. The molecule has 0 saturated carbocycles. The van der Waals surface area contributed by atoms with E-state index in [0.717, 1.165) is 11.8 Å². The third kappa shape index (κ3) is 3.75. The number of benzene rings is 1. The molecule has 0 amide bonds. The van der Waals surface area contributed by atoms with Crippen molar-refractivity contribution in [1.82, 2.24) is 15.3 Å². The molecule has 0 bridgehead atoms. The van der Waals surface area contributed by atoms with Crippen LogP contribution in [0.25, 0.3) is 0 Å². The van der Waals surface area contributed by atoms with Crippen molar-refractivity contribution in [3.05, 3.63) is 59.7 Å². The molecule has 1 heterocycles. The number of nitrogens with one attached hydrogen (secondary N) is 1. The van der Waals surface area contributed by atoms with Crippen LogP contribution < -0.4 is 5.32 Å². The average Bonchev–Trinajstić information content (AvgIpc) is 2.39. The number of hydrogen-bond acceptors (Lipinski definition) is 3. The molecule has 0 aliphatic carbocycles. The minimum atomic E-state index is -4.33. The van der Waals surface area contributed by atoms with Gasteiger partial charge in [-0.25, -0.2) is 9.97 Å². The van der Waals surface area contributed by atoms with Crippen molar-refractivity contribution in [2.75, 3.05) is 0 Å². The van der Waals surface area contributed by atoms with Crippen LogP contribution in [0.1, 0.15) is 16.8 Å². The molecule has 1 aromatic heterocycles. The van der Waals surface area contributed by atoms with Gasteiger partial charge >= 0.3 is 6.18 Å². The molecule has 100 valence electrons. The Morgan fingerprint density at radius 1 is 1.05 bits per heavy atom. The molecule has 1 N–H and O–H groups in total. The molecule has 2 aromatic rings. The van der Waals surface area contributed by atoms with Gasteiger partial charge in [-0.1, -0.05) is 18.2 Å². The van der Waals surface area contributed by atoms with E-state index in [2.05, 4.69) is 15.3 Å². The van der Waals surface area contributed by atoms with Gasteiger partial charge in [-0.05, 0) is 17.7 Å². The molecule has 2 rings (SSSR count). The Bertz CT molecular complexity index is 526. The van der Waals surface area contributed by atoms with Crippen LogP contribution in [0.5, 0.6) is 0 Å². The predicted molar refractivity (Wildman–Crippen MR) is 64.0 cm³/mol. The summed E-state index contributed by atoms with van der Waals surface area (Å²) in [6, 6.07) is 7.24. The summed E-state index contributed by atoms with van der Waals surface area (Å²) in [5.74, 6) is 0. The van der Waals surface area contributed by atoms with Crippen LogP contribution in [-0.2, 0) is 19.3 Å². The zero-order chi connectivity index (χ0) is 13.7. The number of alkyl halides is 3. The summed E-state index contributed by atoms with van der Waals surface area (Å²) in [6.45, 7) is 0.536. The van der Waals surface area contributed by atoms with Gasteiger partial charge < -0.3 is 5.32 Å². The number of hydrogen-bond donors (Lipinski definition) is 1. The predicted octanol–water partition coefficient (Wildman–Crippen LogP) is 2.79. The van der Waals surface area contributed by atoms with Gasteiger partial charge in [-0.2, -0.15) is 13.2 Å². The fourth-order valence-corrected chi connectivity index (χ4v) is 1.70. The second kappa shape index (κ2) is 5.79. The van der Waals surface area contributed by atoms with Crippen LogP contribution >= 0.6 is 0 Å². The summed E-state index contributed by atoms with van der Waals surface area (Å²) >= 11 is 0. The third-order valence-corrected chi connectivity index (χ3v) is 2.59. The highest BCUT2D eigenvalue weighted by Crippen LogP contribution is 2.31. The molecule has 3 nitrogen and oxygen atoms in total. The Morgan fingerprint density at radius 2 is 1.84 bits per heavy atom. The van der Waals surface area contributed by atoms with Gasteiger partial charge in [0.25, 0.3) is 0 Å². The quantitative estimate of drug-likeness (QED) is 0.925. The van der Waals surface area contributed by atoms with Gasteiger partial charge in [0.1, 0.15) is 6.33 Å². The molecular formula is C13H12F3N3. The number of nitrogens with zero attached hydrogens (tertiary/aromatic N) is 2. The van der Waals surface area contributed by atoms with Gasteiger partial charge in [0.2, 0.25) is 0 Å². The molecule has 0 spiro atoms. The Morgan fingerprint density at radius 3 is 2.53 bits per heavy atom. The topological polar surface area (TPSA) is 37.8 Å². The van der Waals surface area contributed by atoms with Gasteiger partial charge in [-0.3, -0.25) is 0 Å². The van der Waals surface area contributed by atoms with E-state index in [1.165, 1.54) is 18.5 Å². The van der Waals surface area contributed by atoms with Gasteiger partial charge in [0.05, 0.1) is 11.3 Å². The molecule has 6 heteroatoms. The van der Waals surface area contributed by atoms with E-state index in [1.807, 2.05) is 0 Å². The van der Waals surface area contributed by atoms with Crippen LogP contribution in [0.2, 0.25) is 0 Å². The minimum absolute atomic E-state index is 0.139. The summed E-state index contributed by atoms with van der Waals surface area (Å²) in [7, 11) is 0. The van der Waals surface area contributed by atoms with Gasteiger partial charge in [-0.15, -0.1) is 0 Å². The van der Waals surface area contributed by atoms with E-state index in [9.17, 15) is 13.2 Å². The zero-order valence-corrected chi connectivity index (χ0v) is 9.98. The highest BCUT2D eigenvalue weighted by Gasteiger charge is 2.32. The van der Waals surface area contributed by atoms with Crippen molar-refractivity contribution >= 4 is 0 Å². The van der Waals surface area contributed by atoms with Crippen molar-refractivity contribution in [3.8, 4) is 0 Å². The summed E-state index contributed by atoms with van der Waals surface area (Å²) in [6.07, 6.45) is -1.33. The molecule has 1 aromatic carbocycles. The highest BCUT2D eigenvalue weighted by atomic mass is 19.4. The first-order chi connectivity index (χ1) is 9.07. The Hall–Kier alpha value is -1.95. The van der Waals surface area contributed by atoms with Crippen LogP contribution in [0.3, 0.4) is 0 Å². The molecular weight excluding hydrogens is 255 g/mol. The molecule has 0 atom stereocenters. The Kier molecular flexibility index (Phi) is 4.11. The highest BCUT2D eigenvalue weighted by molar-refractivity contribution is 5.29. The van der Waals surface area contributed by atoms with Crippen molar-refractivity contribution in [2.45, 2.75) is 19.3 Å². The fourth-order valence-electron chi connectivity index (χ4n) is 1.70. The lowest BCUT2D eigenvalue weighted by atomic mass is 10.1. The molecule has 0 unspecified atom stereocenters. The lowest BCUT2D eigenvalue weighted by molar-refractivity contribution is -0.138. The summed E-state index contributed by atoms with van der Waals surface area (Å²) in [5, 5.41) is 2.94. The molecule has 0 radical (unpaired) electrons. The maximum atomic E-state index is 12.8. The summed E-state index contributed by atoms with van der Waals surface area (Å²) < 4.78 is 38.3. The SMILES string of the molecule is FC(F)(F)c1ccccc1CNCc1ccncn1. The van der Waals surface area contributed by atoms with E-state index >= 15 is 0 Å². The second-order valence-corrected chi connectivity index (χ2v) is 3.96. The Labute approximate surface area is 108 Å². The first kappa shape index (κ1) is 13.5. The number of rotatable bonds is 4. The van der Waals surface area contributed by atoms with Crippen molar-refractivity contribution in [1.29, 1.82) is 0 Å². The van der Waals surface area contributed by atoms with Crippen LogP contribution in [0, 0.1) is 0 Å². The van der Waals surface area contributed by atoms with Crippen molar-refractivity contribution < 1.29 is 13.2 Å². The van der Waals surface area contributed by atoms with E-state index in [-0.39, 0.29) is 12.1 Å². The number of halogens is 3. The minimum Gasteiger partial charge on any atom is -0.307 e. The zero-order valence-electron chi connectivity index (χ0n) is 9.98. The van der Waals surface area contributed by atoms with Crippen LogP contribution in [0.4, 0.5) is 13.2 Å². The molecule has 19 heavy (non-hydrogen) atoms. The largest absolute Gasteiger partial charge is 0.416 e. The fraction of sp³-hybridized carbons (Fsp3) is 0.231. The smallest absolute Gasteiger partial charge is 0.307 e. The van der Waals surface area contributed by atoms with E-state index in [1.54, 1.807) is 18.3 Å². The maximum absolute atomic E-state index is 12.8. The van der Waals surface area contributed by atoms with Crippen LogP contribution in [0.15, 0.2) is 42.9 Å². The summed E-state index contributed by atoms with van der Waals surface area (Å²) in [4.78, 5) is 7.76. The molecule has 0 fully saturated rings. The first-order valence-corrected chi connectivity index (χ1v) is 5.68. The maximum Gasteiger partial charge on any atom is 0.416 e. The second-order valence-electron chi connectivity index (χ2n) is 3.96. The van der Waals surface area contributed by atoms with Crippen molar-refractivity contribution in [3.63, 3.8) is 0 Å². The molecule has 0 aliphatic rings. The third-order valence-electron chi connectivity index (χ3n) is 2.59. The lowest BCUT2D eigenvalue weighted by Crippen LogP contribution is -2.17. The van der Waals surface area contributed by atoms with Crippen molar-refractivity contribution in [2.24, 2.45) is 0 Å². The lowest BCUT2D eigenvalue weighted by Gasteiger charge is -2.13. The van der Waals surface area contributed by atoms with E-state index in [0.29, 0.717) is 6.54 Å². The first-order valence-electron chi connectivity index (χ1n) is 5.68. The normalized spacial score (nSPS) is 11.5. The average molecular weight is 267 g/mol. The molecule has 0 saturated heterocycles. The monoisotopic (exact) mass is 267 g/mol. The number of aromatic nitrogens is 2. The van der Waals surface area contributed by atoms with Gasteiger partial charge in [0, 0.05) is 19.3 Å². The van der Waals surface area contributed by atoms with Crippen LogP contribution in [-0.4, -0.2) is 9.97 Å². The van der Waals surface area contributed by atoms with E-state index < -0.39 is 11.7 Å². The van der Waals surface area contributed by atoms with Gasteiger partial charge in [0.15, 0.2) is 0 Å².